The first-order valence-electron chi connectivity index (χ1n) is 6.86. The number of aromatic nitrogens is 3. The molecule has 24 heavy (non-hydrogen) atoms. The minimum atomic E-state index is -0.654. The fourth-order valence-corrected chi connectivity index (χ4v) is 2.06. The Morgan fingerprint density at radius 1 is 1.21 bits per heavy atom. The molecule has 0 radical (unpaired) electrons. The number of fused-ring (bicyclic) bond motifs is 1. The number of rotatable bonds is 3. The summed E-state index contributed by atoms with van der Waals surface area (Å²) < 4.78 is 2.28. The monoisotopic (exact) mass is 377 g/mol. The maximum atomic E-state index is 12.2. The Morgan fingerprint density at radius 2 is 1.79 bits per heavy atom. The zero-order valence-electron chi connectivity index (χ0n) is 13.8. The summed E-state index contributed by atoms with van der Waals surface area (Å²) in [5.74, 6) is -0.361. The van der Waals surface area contributed by atoms with Crippen LogP contribution in [0.15, 0.2) is 21.9 Å². The number of hydrogen-bond acceptors (Lipinski definition) is 5. The van der Waals surface area contributed by atoms with Crippen LogP contribution in [0, 0.1) is 5.92 Å². The number of halogens is 2. The first-order valence-corrected chi connectivity index (χ1v) is 6.86. The number of nitrogens with one attached hydrogen (secondary N) is 1. The molecule has 2 heterocycles. The van der Waals surface area contributed by atoms with E-state index in [9.17, 15) is 14.4 Å². The van der Waals surface area contributed by atoms with Crippen LogP contribution in [0.2, 0.25) is 0 Å². The van der Waals surface area contributed by atoms with E-state index in [-0.39, 0.29) is 47.7 Å². The smallest absolute Gasteiger partial charge is 0.323 e. The van der Waals surface area contributed by atoms with Gasteiger partial charge in [-0.25, -0.2) is 9.78 Å². The molecule has 0 aliphatic carbocycles. The molecular weight excluding hydrogens is 357 g/mol. The zero-order valence-corrected chi connectivity index (χ0v) is 15.4. The molecule has 3 N–H and O–H groups in total. The number of hydrogen-bond donors (Lipinski definition) is 2. The van der Waals surface area contributed by atoms with Gasteiger partial charge in [-0.05, 0) is 12.0 Å². The van der Waals surface area contributed by atoms with Gasteiger partial charge in [-0.15, -0.1) is 24.8 Å². The summed E-state index contributed by atoms with van der Waals surface area (Å²) in [5, 5.41) is 2.88. The second kappa shape index (κ2) is 8.27. The molecule has 0 saturated heterocycles. The Balaban J connectivity index is 0.00000264. The van der Waals surface area contributed by atoms with Crippen LogP contribution in [-0.4, -0.2) is 26.1 Å². The fourth-order valence-electron chi connectivity index (χ4n) is 2.06. The van der Waals surface area contributed by atoms with Gasteiger partial charge in [-0.3, -0.25) is 18.7 Å². The van der Waals surface area contributed by atoms with E-state index in [2.05, 4.69) is 10.3 Å². The van der Waals surface area contributed by atoms with Crippen molar-refractivity contribution in [3.8, 4) is 0 Å². The zero-order chi connectivity index (χ0) is 16.6. The lowest BCUT2D eigenvalue weighted by Gasteiger charge is -2.15. The number of nitrogens with zero attached hydrogens (tertiary/aromatic N) is 3. The van der Waals surface area contributed by atoms with Crippen LogP contribution in [0.25, 0.3) is 11.0 Å². The lowest BCUT2D eigenvalue weighted by Crippen LogP contribution is -2.40. The highest BCUT2D eigenvalue weighted by Crippen LogP contribution is 2.12. The van der Waals surface area contributed by atoms with Gasteiger partial charge in [0.1, 0.15) is 5.65 Å². The molecule has 8 nitrogen and oxygen atoms in total. The third kappa shape index (κ3) is 3.95. The molecular formula is C14H21Cl2N5O3. The largest absolute Gasteiger partial charge is 0.332 e. The van der Waals surface area contributed by atoms with Crippen LogP contribution in [0.4, 0.5) is 5.69 Å². The molecule has 1 amide bonds. The van der Waals surface area contributed by atoms with Crippen molar-refractivity contribution in [1.82, 2.24) is 14.1 Å². The van der Waals surface area contributed by atoms with Crippen LogP contribution >= 0.6 is 24.8 Å². The summed E-state index contributed by atoms with van der Waals surface area (Å²) in [6.45, 7) is 3.68. The van der Waals surface area contributed by atoms with E-state index in [0.717, 1.165) is 4.57 Å². The Labute approximate surface area is 150 Å². The highest BCUT2D eigenvalue weighted by Gasteiger charge is 2.18. The van der Waals surface area contributed by atoms with Crippen molar-refractivity contribution >= 4 is 47.4 Å². The number of amides is 1. The minimum Gasteiger partial charge on any atom is -0.323 e. The summed E-state index contributed by atoms with van der Waals surface area (Å²) in [6, 6.07) is 0.841. The molecule has 0 unspecified atom stereocenters. The predicted molar refractivity (Wildman–Crippen MR) is 98.2 cm³/mol. The van der Waals surface area contributed by atoms with Crippen molar-refractivity contribution in [2.45, 2.75) is 19.9 Å². The Morgan fingerprint density at radius 3 is 2.33 bits per heavy atom. The molecule has 0 aliphatic heterocycles. The summed E-state index contributed by atoms with van der Waals surface area (Å²) in [5.41, 5.74) is 5.49. The average molecular weight is 378 g/mol. The van der Waals surface area contributed by atoms with E-state index in [1.165, 1.54) is 30.9 Å². The van der Waals surface area contributed by atoms with Gasteiger partial charge in [0.15, 0.2) is 0 Å². The normalized spacial score (nSPS) is 11.6. The minimum absolute atomic E-state index is 0. The maximum absolute atomic E-state index is 12.2. The summed E-state index contributed by atoms with van der Waals surface area (Å²) in [7, 11) is 2.92. The van der Waals surface area contributed by atoms with Gasteiger partial charge in [-0.2, -0.15) is 0 Å². The van der Waals surface area contributed by atoms with Crippen LogP contribution in [0.1, 0.15) is 13.8 Å². The third-order valence-corrected chi connectivity index (χ3v) is 3.58. The Hall–Kier alpha value is -1.90. The number of anilines is 1. The van der Waals surface area contributed by atoms with Gasteiger partial charge < -0.3 is 11.1 Å². The number of pyridine rings is 1. The average Bonchev–Trinajstić information content (AvgIpc) is 2.49. The second-order valence-corrected chi connectivity index (χ2v) is 5.56. The van der Waals surface area contributed by atoms with E-state index < -0.39 is 17.3 Å². The van der Waals surface area contributed by atoms with Crippen LogP contribution in [-0.2, 0) is 18.9 Å². The number of carbonyl (C=O) groups excluding carboxylic acids is 1. The molecule has 0 aromatic carbocycles. The number of carbonyl (C=O) groups is 1. The maximum Gasteiger partial charge on any atom is 0.332 e. The molecule has 0 spiro atoms. The standard InChI is InChI=1S/C14H19N5O3.2ClH/c1-7(2)10(15)12(20)17-8-5-9-11(16-6-8)18(3)14(22)19(4)13(9)21;;/h5-7,10H,15H2,1-4H3,(H,17,20);2*1H/t10-;;/m0../s1. The van der Waals surface area contributed by atoms with E-state index in [1.54, 1.807) is 0 Å². The first kappa shape index (κ1) is 22.1. The fraction of sp³-hybridized carbons (Fsp3) is 0.429. The molecule has 0 saturated carbocycles. The van der Waals surface area contributed by atoms with Gasteiger partial charge >= 0.3 is 5.69 Å². The van der Waals surface area contributed by atoms with Crippen LogP contribution < -0.4 is 22.3 Å². The van der Waals surface area contributed by atoms with Gasteiger partial charge in [-0.1, -0.05) is 13.8 Å². The Kier molecular flexibility index (Phi) is 7.62. The molecule has 0 aliphatic rings. The number of aryl methyl sites for hydroxylation is 1. The highest BCUT2D eigenvalue weighted by atomic mass is 35.5. The van der Waals surface area contributed by atoms with Crippen LogP contribution in [0.3, 0.4) is 0 Å². The van der Waals surface area contributed by atoms with E-state index in [4.69, 9.17) is 5.73 Å². The molecule has 2 aromatic heterocycles. The molecule has 2 rings (SSSR count). The lowest BCUT2D eigenvalue weighted by molar-refractivity contribution is -0.118. The van der Waals surface area contributed by atoms with Crippen molar-refractivity contribution in [3.63, 3.8) is 0 Å². The Bertz CT molecular complexity index is 860. The SMILES string of the molecule is CC(C)[C@H](N)C(=O)Nc1cnc2c(c1)c(=O)n(C)c(=O)n2C.Cl.Cl. The molecule has 1 atom stereocenters. The number of nitrogens with two attached hydrogens (primary N) is 1. The van der Waals surface area contributed by atoms with Crippen molar-refractivity contribution < 1.29 is 4.79 Å². The summed E-state index contributed by atoms with van der Waals surface area (Å²) in [4.78, 5) is 40.0. The van der Waals surface area contributed by atoms with Crippen molar-refractivity contribution in [1.29, 1.82) is 0 Å². The molecule has 134 valence electrons. The highest BCUT2D eigenvalue weighted by molar-refractivity contribution is 5.96. The molecule has 0 bridgehead atoms. The summed E-state index contributed by atoms with van der Waals surface area (Å²) >= 11 is 0. The van der Waals surface area contributed by atoms with E-state index >= 15 is 0 Å². The molecule has 0 fully saturated rings. The van der Waals surface area contributed by atoms with E-state index in [0.29, 0.717) is 5.69 Å². The molecule has 2 aromatic rings. The first-order chi connectivity index (χ1) is 10.2. The van der Waals surface area contributed by atoms with E-state index in [1.807, 2.05) is 13.8 Å². The van der Waals surface area contributed by atoms with Crippen LogP contribution in [0.5, 0.6) is 0 Å². The van der Waals surface area contributed by atoms with Gasteiger partial charge in [0.05, 0.1) is 23.3 Å². The summed E-state index contributed by atoms with van der Waals surface area (Å²) in [6.07, 6.45) is 1.40. The quantitative estimate of drug-likeness (QED) is 0.803. The van der Waals surface area contributed by atoms with Gasteiger partial charge in [0.25, 0.3) is 5.56 Å². The van der Waals surface area contributed by atoms with Crippen molar-refractivity contribution in [3.05, 3.63) is 33.1 Å². The van der Waals surface area contributed by atoms with Gasteiger partial charge in [0.2, 0.25) is 5.91 Å². The second-order valence-electron chi connectivity index (χ2n) is 5.56. The van der Waals surface area contributed by atoms with Crippen molar-refractivity contribution in [2.75, 3.05) is 5.32 Å². The molecule has 10 heteroatoms. The van der Waals surface area contributed by atoms with Gasteiger partial charge in [0, 0.05) is 14.1 Å². The lowest BCUT2D eigenvalue weighted by atomic mass is 10.1. The third-order valence-electron chi connectivity index (χ3n) is 3.58. The topological polar surface area (TPSA) is 112 Å². The predicted octanol–water partition coefficient (Wildman–Crippen LogP) is 0.398. The van der Waals surface area contributed by atoms with Crippen molar-refractivity contribution in [2.24, 2.45) is 25.7 Å².